The normalized spacial score (nSPS) is 11.8. The molecule has 2 rings (SSSR count). The van der Waals surface area contributed by atoms with Gasteiger partial charge in [-0.25, -0.2) is 17.5 Å². The minimum Gasteiger partial charge on any atom is -0.326 e. The number of sulfonamides is 1. The lowest BCUT2D eigenvalue weighted by atomic mass is 10.2. The van der Waals surface area contributed by atoms with E-state index < -0.39 is 15.8 Å². The van der Waals surface area contributed by atoms with Crippen molar-refractivity contribution in [1.82, 2.24) is 14.9 Å². The van der Waals surface area contributed by atoms with Crippen molar-refractivity contribution in [2.75, 3.05) is 0 Å². The van der Waals surface area contributed by atoms with Gasteiger partial charge in [0, 0.05) is 24.3 Å². The van der Waals surface area contributed by atoms with E-state index >= 15 is 0 Å². The van der Waals surface area contributed by atoms with Gasteiger partial charge in [0.05, 0.1) is 16.1 Å². The molecule has 2 aromatic rings. The van der Waals surface area contributed by atoms with E-state index in [2.05, 4.69) is 14.9 Å². The van der Waals surface area contributed by atoms with Gasteiger partial charge in [0.15, 0.2) is 0 Å². The lowest BCUT2D eigenvalue weighted by molar-refractivity contribution is 0.576. The van der Waals surface area contributed by atoms with Crippen LogP contribution >= 0.6 is 11.6 Å². The van der Waals surface area contributed by atoms with Gasteiger partial charge in [-0.2, -0.15) is 5.10 Å². The second kappa shape index (κ2) is 6.10. The summed E-state index contributed by atoms with van der Waals surface area (Å²) in [6.45, 7) is 1.76. The maximum absolute atomic E-state index is 13.6. The first-order valence-electron chi connectivity index (χ1n) is 6.01. The summed E-state index contributed by atoms with van der Waals surface area (Å²) >= 11 is 5.71. The number of aromatic amines is 1. The molecule has 1 heterocycles. The van der Waals surface area contributed by atoms with Crippen molar-refractivity contribution in [3.05, 3.63) is 46.0 Å². The Bertz CT molecular complexity index is 761. The van der Waals surface area contributed by atoms with Crippen molar-refractivity contribution in [2.45, 2.75) is 24.9 Å². The monoisotopic (exact) mass is 332 g/mol. The van der Waals surface area contributed by atoms with Crippen molar-refractivity contribution in [3.8, 4) is 0 Å². The van der Waals surface area contributed by atoms with Crippen LogP contribution in [0.3, 0.4) is 0 Å². The average Bonchev–Trinajstić information content (AvgIpc) is 2.85. The number of nitrogens with two attached hydrogens (primary N) is 1. The summed E-state index contributed by atoms with van der Waals surface area (Å²) in [4.78, 5) is -0.217. The second-order valence-electron chi connectivity index (χ2n) is 4.43. The number of hydrogen-bond donors (Lipinski definition) is 3. The zero-order valence-electron chi connectivity index (χ0n) is 11.2. The Morgan fingerprint density at radius 3 is 2.71 bits per heavy atom. The van der Waals surface area contributed by atoms with E-state index in [1.54, 1.807) is 6.92 Å². The molecule has 0 unspecified atom stereocenters. The molecule has 0 spiro atoms. The fourth-order valence-electron chi connectivity index (χ4n) is 1.73. The molecule has 0 amide bonds. The number of aromatic nitrogens is 2. The molecule has 6 nitrogen and oxygen atoms in total. The molecule has 0 saturated heterocycles. The maximum Gasteiger partial charge on any atom is 0.240 e. The summed E-state index contributed by atoms with van der Waals surface area (Å²) in [6, 6.07) is 2.13. The zero-order chi connectivity index (χ0) is 15.6. The Morgan fingerprint density at radius 1 is 1.43 bits per heavy atom. The van der Waals surface area contributed by atoms with Crippen LogP contribution in [0, 0.1) is 12.7 Å². The zero-order valence-corrected chi connectivity index (χ0v) is 12.7. The molecule has 0 fully saturated rings. The molecule has 0 bridgehead atoms. The Hall–Kier alpha value is -1.48. The number of hydrogen-bond acceptors (Lipinski definition) is 4. The van der Waals surface area contributed by atoms with Gasteiger partial charge in [-0.3, -0.25) is 5.10 Å². The van der Waals surface area contributed by atoms with E-state index in [0.29, 0.717) is 5.56 Å². The molecular weight excluding hydrogens is 319 g/mol. The van der Waals surface area contributed by atoms with Crippen molar-refractivity contribution < 1.29 is 12.8 Å². The third kappa shape index (κ3) is 3.41. The average molecular weight is 333 g/mol. The number of aryl methyl sites for hydroxylation is 1. The van der Waals surface area contributed by atoms with Crippen LogP contribution in [0.2, 0.25) is 5.02 Å². The Kier molecular flexibility index (Phi) is 4.62. The molecule has 0 aliphatic heterocycles. The van der Waals surface area contributed by atoms with Crippen LogP contribution in [0.1, 0.15) is 16.8 Å². The molecule has 21 heavy (non-hydrogen) atoms. The van der Waals surface area contributed by atoms with Crippen LogP contribution in [-0.4, -0.2) is 18.6 Å². The van der Waals surface area contributed by atoms with Gasteiger partial charge < -0.3 is 5.73 Å². The fourth-order valence-corrected chi connectivity index (χ4v) is 2.99. The molecule has 4 N–H and O–H groups in total. The summed E-state index contributed by atoms with van der Waals surface area (Å²) in [7, 11) is -3.87. The van der Waals surface area contributed by atoms with Crippen LogP contribution < -0.4 is 10.5 Å². The third-order valence-corrected chi connectivity index (χ3v) is 4.80. The molecule has 114 valence electrons. The largest absolute Gasteiger partial charge is 0.326 e. The van der Waals surface area contributed by atoms with E-state index in [1.807, 2.05) is 0 Å². The predicted molar refractivity (Wildman–Crippen MR) is 76.7 cm³/mol. The highest BCUT2D eigenvalue weighted by Crippen LogP contribution is 2.24. The number of H-pyrrole nitrogens is 1. The summed E-state index contributed by atoms with van der Waals surface area (Å²) in [5.74, 6) is -0.820. The molecule has 9 heteroatoms. The van der Waals surface area contributed by atoms with Crippen LogP contribution in [0.25, 0.3) is 0 Å². The highest BCUT2D eigenvalue weighted by Gasteiger charge is 2.19. The lowest BCUT2D eigenvalue weighted by Crippen LogP contribution is -2.24. The summed E-state index contributed by atoms with van der Waals surface area (Å²) < 4.78 is 40.4. The number of rotatable bonds is 5. The summed E-state index contributed by atoms with van der Waals surface area (Å²) in [5.41, 5.74) is 7.11. The first-order chi connectivity index (χ1) is 9.85. The van der Waals surface area contributed by atoms with E-state index in [9.17, 15) is 12.8 Å². The summed E-state index contributed by atoms with van der Waals surface area (Å²) in [6.07, 6.45) is 1.52. The van der Waals surface area contributed by atoms with E-state index in [1.165, 1.54) is 12.3 Å². The predicted octanol–water partition coefficient (Wildman–Crippen LogP) is 1.45. The van der Waals surface area contributed by atoms with Crippen LogP contribution in [-0.2, 0) is 23.1 Å². The molecule has 1 aromatic carbocycles. The van der Waals surface area contributed by atoms with Crippen LogP contribution in [0.5, 0.6) is 0 Å². The van der Waals surface area contributed by atoms with Crippen molar-refractivity contribution in [1.29, 1.82) is 0 Å². The maximum atomic E-state index is 13.6. The Balaban J connectivity index is 2.27. The Morgan fingerprint density at radius 2 is 2.14 bits per heavy atom. The van der Waals surface area contributed by atoms with E-state index in [0.717, 1.165) is 11.8 Å². The molecule has 1 aromatic heterocycles. The molecule has 0 saturated carbocycles. The van der Waals surface area contributed by atoms with Crippen molar-refractivity contribution in [3.63, 3.8) is 0 Å². The first-order valence-corrected chi connectivity index (χ1v) is 7.87. The number of nitrogens with one attached hydrogen (secondary N) is 2. The number of benzene rings is 1. The minimum atomic E-state index is -3.87. The SMILES string of the molecule is Cc1[nH]ncc1CNS(=O)(=O)c1cc(F)c(Cl)c(CN)c1. The van der Waals surface area contributed by atoms with Crippen LogP contribution in [0.4, 0.5) is 4.39 Å². The van der Waals surface area contributed by atoms with Crippen LogP contribution in [0.15, 0.2) is 23.2 Å². The summed E-state index contributed by atoms with van der Waals surface area (Å²) in [5, 5.41) is 6.33. The van der Waals surface area contributed by atoms with E-state index in [-0.39, 0.29) is 28.6 Å². The quantitative estimate of drug-likeness (QED) is 0.771. The van der Waals surface area contributed by atoms with Gasteiger partial charge in [0.2, 0.25) is 10.0 Å². The lowest BCUT2D eigenvalue weighted by Gasteiger charge is -2.09. The molecular formula is C12H14ClFN4O2S. The first kappa shape index (κ1) is 15.9. The third-order valence-electron chi connectivity index (χ3n) is 2.99. The molecule has 0 aliphatic carbocycles. The molecule has 0 atom stereocenters. The topological polar surface area (TPSA) is 101 Å². The van der Waals surface area contributed by atoms with Crippen molar-refractivity contribution in [2.24, 2.45) is 5.73 Å². The van der Waals surface area contributed by atoms with Crippen molar-refractivity contribution >= 4 is 21.6 Å². The van der Waals surface area contributed by atoms with Gasteiger partial charge in [-0.15, -0.1) is 0 Å². The number of halogens is 2. The second-order valence-corrected chi connectivity index (χ2v) is 6.57. The van der Waals surface area contributed by atoms with Gasteiger partial charge in [0.1, 0.15) is 5.82 Å². The van der Waals surface area contributed by atoms with E-state index in [4.69, 9.17) is 17.3 Å². The smallest absolute Gasteiger partial charge is 0.240 e. The van der Waals surface area contributed by atoms with Gasteiger partial charge >= 0.3 is 0 Å². The molecule has 0 radical (unpaired) electrons. The van der Waals surface area contributed by atoms with Gasteiger partial charge in [-0.1, -0.05) is 11.6 Å². The molecule has 0 aliphatic rings. The van der Waals surface area contributed by atoms with Gasteiger partial charge in [0.25, 0.3) is 0 Å². The number of nitrogens with zero attached hydrogens (tertiary/aromatic N) is 1. The standard InChI is InChI=1S/C12H14ClFN4O2S/c1-7-9(5-16-18-7)6-17-21(19,20)10-2-8(4-15)12(13)11(14)3-10/h2-3,5,17H,4,6,15H2,1H3,(H,16,18). The fraction of sp³-hybridized carbons (Fsp3) is 0.250. The Labute approximate surface area is 126 Å². The van der Waals surface area contributed by atoms with Gasteiger partial charge in [-0.05, 0) is 24.6 Å². The highest BCUT2D eigenvalue weighted by molar-refractivity contribution is 7.89. The minimum absolute atomic E-state index is 0.0485. The highest BCUT2D eigenvalue weighted by atomic mass is 35.5.